The van der Waals surface area contributed by atoms with Crippen LogP contribution in [0.25, 0.3) is 0 Å². The molecular formula is C16H21N5. The van der Waals surface area contributed by atoms with E-state index < -0.39 is 0 Å². The van der Waals surface area contributed by atoms with Gasteiger partial charge in [-0.3, -0.25) is 0 Å². The molecule has 0 amide bonds. The lowest BCUT2D eigenvalue weighted by molar-refractivity contribution is 0.598. The summed E-state index contributed by atoms with van der Waals surface area (Å²) in [5, 5.41) is 3.54. The normalized spacial score (nSPS) is 17.1. The molecule has 1 aromatic carbocycles. The number of hydrazine groups is 1. The fraction of sp³-hybridized carbons (Fsp3) is 0.375. The van der Waals surface area contributed by atoms with Crippen molar-refractivity contribution >= 4 is 11.6 Å². The highest BCUT2D eigenvalue weighted by molar-refractivity contribution is 5.49. The van der Waals surface area contributed by atoms with E-state index in [0.29, 0.717) is 11.9 Å². The number of rotatable bonds is 4. The van der Waals surface area contributed by atoms with Crippen molar-refractivity contribution in [2.45, 2.75) is 38.6 Å². The lowest BCUT2D eigenvalue weighted by atomic mass is 9.88. The van der Waals surface area contributed by atoms with Crippen molar-refractivity contribution in [3.63, 3.8) is 0 Å². The molecule has 5 nitrogen and oxygen atoms in total. The summed E-state index contributed by atoms with van der Waals surface area (Å²) in [6.45, 7) is 2.04. The third-order valence-electron chi connectivity index (χ3n) is 3.93. The van der Waals surface area contributed by atoms with Gasteiger partial charge in [0.25, 0.3) is 0 Å². The number of aromatic nitrogens is 2. The van der Waals surface area contributed by atoms with Crippen molar-refractivity contribution in [1.82, 2.24) is 9.97 Å². The number of hydrogen-bond acceptors (Lipinski definition) is 5. The van der Waals surface area contributed by atoms with Gasteiger partial charge in [0.2, 0.25) is 0 Å². The summed E-state index contributed by atoms with van der Waals surface area (Å²) in [4.78, 5) is 8.87. The standard InChI is InChI=1S/C16H21N5/c1-2-14-19-15(10-16(20-14)21-17)18-13-9-5-7-11-6-3-4-8-12(11)13/h3-4,6,8,10,13H,2,5,7,9,17H2,1H3,(H2,18,19,20,21). The number of nitrogen functional groups attached to an aromatic ring is 1. The molecule has 0 fully saturated rings. The molecule has 21 heavy (non-hydrogen) atoms. The third-order valence-corrected chi connectivity index (χ3v) is 3.93. The van der Waals surface area contributed by atoms with E-state index in [9.17, 15) is 0 Å². The van der Waals surface area contributed by atoms with E-state index in [1.165, 1.54) is 17.5 Å². The minimum atomic E-state index is 0.306. The van der Waals surface area contributed by atoms with E-state index in [0.717, 1.165) is 30.9 Å². The van der Waals surface area contributed by atoms with E-state index in [-0.39, 0.29) is 0 Å². The van der Waals surface area contributed by atoms with Crippen molar-refractivity contribution in [1.29, 1.82) is 0 Å². The molecule has 110 valence electrons. The number of anilines is 2. The lowest BCUT2D eigenvalue weighted by Gasteiger charge is -2.27. The first-order chi connectivity index (χ1) is 10.3. The maximum absolute atomic E-state index is 5.48. The molecule has 2 aromatic rings. The van der Waals surface area contributed by atoms with Crippen molar-refractivity contribution < 1.29 is 0 Å². The van der Waals surface area contributed by atoms with Crippen LogP contribution in [0.3, 0.4) is 0 Å². The van der Waals surface area contributed by atoms with Gasteiger partial charge in [0.05, 0.1) is 6.04 Å². The monoisotopic (exact) mass is 283 g/mol. The molecule has 1 atom stereocenters. The van der Waals surface area contributed by atoms with Gasteiger partial charge < -0.3 is 10.7 Å². The second-order valence-corrected chi connectivity index (χ2v) is 5.34. The minimum Gasteiger partial charge on any atom is -0.363 e. The molecule has 1 heterocycles. The van der Waals surface area contributed by atoms with Gasteiger partial charge in [-0.15, -0.1) is 0 Å². The van der Waals surface area contributed by atoms with Gasteiger partial charge in [-0.1, -0.05) is 31.2 Å². The van der Waals surface area contributed by atoms with Gasteiger partial charge in [-0.25, -0.2) is 15.8 Å². The Labute approximate surface area is 125 Å². The predicted octanol–water partition coefficient (Wildman–Crippen LogP) is 2.81. The van der Waals surface area contributed by atoms with E-state index in [1.807, 2.05) is 13.0 Å². The molecule has 5 heteroatoms. The Morgan fingerprint density at radius 3 is 2.86 bits per heavy atom. The van der Waals surface area contributed by atoms with Crippen LogP contribution >= 0.6 is 0 Å². The molecule has 4 N–H and O–H groups in total. The Morgan fingerprint density at radius 2 is 2.05 bits per heavy atom. The average molecular weight is 283 g/mol. The van der Waals surface area contributed by atoms with Gasteiger partial charge >= 0.3 is 0 Å². The van der Waals surface area contributed by atoms with Gasteiger partial charge in [0, 0.05) is 12.5 Å². The van der Waals surface area contributed by atoms with Gasteiger partial charge in [-0.2, -0.15) is 0 Å². The quantitative estimate of drug-likeness (QED) is 0.594. The Balaban J connectivity index is 1.87. The maximum atomic E-state index is 5.48. The first-order valence-electron chi connectivity index (χ1n) is 7.49. The Bertz CT molecular complexity index is 604. The summed E-state index contributed by atoms with van der Waals surface area (Å²) >= 11 is 0. The summed E-state index contributed by atoms with van der Waals surface area (Å²) in [7, 11) is 0. The Hall–Kier alpha value is -2.14. The van der Waals surface area contributed by atoms with Crippen molar-refractivity contribution in [3.8, 4) is 0 Å². The van der Waals surface area contributed by atoms with Crippen molar-refractivity contribution in [3.05, 3.63) is 47.3 Å². The highest BCUT2D eigenvalue weighted by atomic mass is 15.3. The van der Waals surface area contributed by atoms with Crippen LogP contribution in [0.4, 0.5) is 11.6 Å². The number of benzene rings is 1. The maximum Gasteiger partial charge on any atom is 0.145 e. The number of aryl methyl sites for hydroxylation is 2. The molecule has 1 aliphatic rings. The summed E-state index contributed by atoms with van der Waals surface area (Å²) in [5.41, 5.74) is 5.42. The van der Waals surface area contributed by atoms with Crippen LogP contribution in [-0.4, -0.2) is 9.97 Å². The van der Waals surface area contributed by atoms with Crippen LogP contribution in [0.1, 0.15) is 42.8 Å². The minimum absolute atomic E-state index is 0.306. The average Bonchev–Trinajstić information content (AvgIpc) is 2.55. The molecule has 3 rings (SSSR count). The summed E-state index contributed by atoms with van der Waals surface area (Å²) in [6, 6.07) is 10.8. The second kappa shape index (κ2) is 6.10. The molecule has 1 aromatic heterocycles. The highest BCUT2D eigenvalue weighted by Crippen LogP contribution is 2.32. The Kier molecular flexibility index (Phi) is 4.01. The molecule has 0 radical (unpaired) electrons. The fourth-order valence-electron chi connectivity index (χ4n) is 2.89. The van der Waals surface area contributed by atoms with E-state index in [4.69, 9.17) is 5.84 Å². The van der Waals surface area contributed by atoms with E-state index in [1.54, 1.807) is 0 Å². The number of hydrogen-bond donors (Lipinski definition) is 3. The Morgan fingerprint density at radius 1 is 1.24 bits per heavy atom. The number of nitrogens with one attached hydrogen (secondary N) is 2. The molecular weight excluding hydrogens is 262 g/mol. The molecule has 0 bridgehead atoms. The third kappa shape index (κ3) is 2.97. The molecule has 0 saturated heterocycles. The van der Waals surface area contributed by atoms with Crippen molar-refractivity contribution in [2.75, 3.05) is 10.7 Å². The van der Waals surface area contributed by atoms with E-state index >= 15 is 0 Å². The second-order valence-electron chi connectivity index (χ2n) is 5.34. The van der Waals surface area contributed by atoms with Crippen LogP contribution in [0, 0.1) is 0 Å². The molecule has 0 saturated carbocycles. The zero-order chi connectivity index (χ0) is 14.7. The van der Waals surface area contributed by atoms with Gasteiger partial charge in [-0.05, 0) is 30.4 Å². The SMILES string of the molecule is CCc1nc(NN)cc(NC2CCCc3ccccc32)n1. The number of nitrogens with two attached hydrogens (primary N) is 1. The first-order valence-corrected chi connectivity index (χ1v) is 7.49. The smallest absolute Gasteiger partial charge is 0.145 e. The summed E-state index contributed by atoms with van der Waals surface area (Å²) in [5.74, 6) is 7.75. The lowest BCUT2D eigenvalue weighted by Crippen LogP contribution is -2.19. The van der Waals surface area contributed by atoms with Crippen LogP contribution in [0.15, 0.2) is 30.3 Å². The molecule has 0 spiro atoms. The van der Waals surface area contributed by atoms with Crippen LogP contribution in [0.2, 0.25) is 0 Å². The fourth-order valence-corrected chi connectivity index (χ4v) is 2.89. The molecule has 1 unspecified atom stereocenters. The topological polar surface area (TPSA) is 75.9 Å². The first kappa shape index (κ1) is 13.8. The number of nitrogens with zero attached hydrogens (tertiary/aromatic N) is 2. The van der Waals surface area contributed by atoms with Crippen LogP contribution < -0.4 is 16.6 Å². The van der Waals surface area contributed by atoms with Crippen molar-refractivity contribution in [2.24, 2.45) is 5.84 Å². The van der Waals surface area contributed by atoms with Gasteiger partial charge in [0.1, 0.15) is 17.5 Å². The zero-order valence-electron chi connectivity index (χ0n) is 12.3. The summed E-state index contributed by atoms with van der Waals surface area (Å²) < 4.78 is 0. The largest absolute Gasteiger partial charge is 0.363 e. The summed E-state index contributed by atoms with van der Waals surface area (Å²) in [6.07, 6.45) is 4.26. The van der Waals surface area contributed by atoms with Gasteiger partial charge in [0.15, 0.2) is 0 Å². The predicted molar refractivity (Wildman–Crippen MR) is 85.0 cm³/mol. The van der Waals surface area contributed by atoms with Crippen LogP contribution in [0.5, 0.6) is 0 Å². The molecule has 0 aliphatic heterocycles. The van der Waals surface area contributed by atoms with Crippen LogP contribution in [-0.2, 0) is 12.8 Å². The number of fused-ring (bicyclic) bond motifs is 1. The highest BCUT2D eigenvalue weighted by Gasteiger charge is 2.20. The zero-order valence-corrected chi connectivity index (χ0v) is 12.3. The van der Waals surface area contributed by atoms with E-state index in [2.05, 4.69) is 45.0 Å². The molecule has 1 aliphatic carbocycles.